The third kappa shape index (κ3) is 2.76. The van der Waals surface area contributed by atoms with Crippen LogP contribution in [0.2, 0.25) is 0 Å². The molecular formula is C14H23NO4. The summed E-state index contributed by atoms with van der Waals surface area (Å²) in [6.07, 6.45) is 1.44. The van der Waals surface area contributed by atoms with Crippen LogP contribution in [0.5, 0.6) is 0 Å². The number of hydrogen-bond donors (Lipinski definition) is 1. The molecule has 1 N–H and O–H groups in total. The molecule has 0 radical (unpaired) electrons. The van der Waals surface area contributed by atoms with Gasteiger partial charge in [0.25, 0.3) is 0 Å². The molecule has 2 saturated heterocycles. The number of amides is 1. The zero-order chi connectivity index (χ0) is 14.2. The molecule has 0 aromatic carbocycles. The standard InChI is InChI=1S/C14H23NO4/c1-8-6-12(16)15(9(2)13(8)14(17)18)7-11-4-5-19-10(11)3/h8-11,13H,4-7H2,1-3H3,(H,17,18). The quantitative estimate of drug-likeness (QED) is 0.840. The first kappa shape index (κ1) is 14.3. The predicted octanol–water partition coefficient (Wildman–Crippen LogP) is 1.37. The molecule has 5 heteroatoms. The third-order valence-corrected chi connectivity index (χ3v) is 4.69. The molecule has 0 aromatic rings. The maximum absolute atomic E-state index is 12.2. The highest BCUT2D eigenvalue weighted by molar-refractivity contribution is 5.81. The first-order valence-electron chi connectivity index (χ1n) is 7.05. The van der Waals surface area contributed by atoms with Gasteiger partial charge in [-0.1, -0.05) is 6.92 Å². The first-order chi connectivity index (χ1) is 8.91. The molecule has 2 aliphatic heterocycles. The van der Waals surface area contributed by atoms with Gasteiger partial charge in [0.1, 0.15) is 0 Å². The van der Waals surface area contributed by atoms with Crippen molar-refractivity contribution in [3.63, 3.8) is 0 Å². The summed E-state index contributed by atoms with van der Waals surface area (Å²) in [4.78, 5) is 25.3. The summed E-state index contributed by atoms with van der Waals surface area (Å²) in [6.45, 7) is 7.09. The molecule has 0 saturated carbocycles. The van der Waals surface area contributed by atoms with E-state index in [1.165, 1.54) is 0 Å². The molecular weight excluding hydrogens is 246 g/mol. The molecule has 0 spiro atoms. The summed E-state index contributed by atoms with van der Waals surface area (Å²) < 4.78 is 5.52. The van der Waals surface area contributed by atoms with E-state index < -0.39 is 11.9 Å². The lowest BCUT2D eigenvalue weighted by Crippen LogP contribution is -2.54. The first-order valence-corrected chi connectivity index (χ1v) is 7.05. The minimum atomic E-state index is -0.798. The van der Waals surface area contributed by atoms with Gasteiger partial charge in [0.05, 0.1) is 12.0 Å². The summed E-state index contributed by atoms with van der Waals surface area (Å²) in [5.74, 6) is -0.942. The van der Waals surface area contributed by atoms with Gasteiger partial charge in [-0.05, 0) is 26.2 Å². The van der Waals surface area contributed by atoms with Crippen molar-refractivity contribution in [2.45, 2.75) is 45.8 Å². The number of carboxylic acids is 1. The molecule has 5 nitrogen and oxygen atoms in total. The van der Waals surface area contributed by atoms with Crippen molar-refractivity contribution in [2.75, 3.05) is 13.2 Å². The van der Waals surface area contributed by atoms with Gasteiger partial charge in [-0.3, -0.25) is 9.59 Å². The number of carbonyl (C=O) groups is 2. The zero-order valence-electron chi connectivity index (χ0n) is 11.8. The number of nitrogens with zero attached hydrogens (tertiary/aromatic N) is 1. The van der Waals surface area contributed by atoms with Crippen LogP contribution in [0.15, 0.2) is 0 Å². The van der Waals surface area contributed by atoms with E-state index in [0.717, 1.165) is 13.0 Å². The molecule has 0 aromatic heterocycles. The van der Waals surface area contributed by atoms with Crippen LogP contribution in [0, 0.1) is 17.8 Å². The average Bonchev–Trinajstić information content (AvgIpc) is 2.69. The summed E-state index contributed by atoms with van der Waals surface area (Å²) in [6, 6.07) is -0.235. The van der Waals surface area contributed by atoms with E-state index in [0.29, 0.717) is 18.9 Å². The molecule has 19 heavy (non-hydrogen) atoms. The van der Waals surface area contributed by atoms with Crippen LogP contribution >= 0.6 is 0 Å². The molecule has 5 unspecified atom stereocenters. The number of rotatable bonds is 3. The Hall–Kier alpha value is -1.10. The normalized spacial score (nSPS) is 39.6. The van der Waals surface area contributed by atoms with Crippen LogP contribution in [0.3, 0.4) is 0 Å². The lowest BCUT2D eigenvalue weighted by molar-refractivity contribution is -0.155. The Balaban J connectivity index is 2.09. The van der Waals surface area contributed by atoms with Crippen LogP contribution in [0.4, 0.5) is 0 Å². The van der Waals surface area contributed by atoms with Crippen LogP contribution in [-0.4, -0.2) is 47.2 Å². The van der Waals surface area contributed by atoms with Crippen molar-refractivity contribution < 1.29 is 19.4 Å². The average molecular weight is 269 g/mol. The number of aliphatic carboxylic acids is 1. The van der Waals surface area contributed by atoms with Crippen molar-refractivity contribution >= 4 is 11.9 Å². The Morgan fingerprint density at radius 2 is 2.11 bits per heavy atom. The fourth-order valence-corrected chi connectivity index (χ4v) is 3.40. The number of piperidine rings is 1. The second-order valence-electron chi connectivity index (χ2n) is 5.96. The van der Waals surface area contributed by atoms with Crippen LogP contribution in [0.25, 0.3) is 0 Å². The van der Waals surface area contributed by atoms with Gasteiger partial charge in [0.2, 0.25) is 5.91 Å². The van der Waals surface area contributed by atoms with Gasteiger partial charge in [-0.25, -0.2) is 0 Å². The summed E-state index contributed by atoms with van der Waals surface area (Å²) >= 11 is 0. The van der Waals surface area contributed by atoms with Gasteiger partial charge in [-0.15, -0.1) is 0 Å². The minimum Gasteiger partial charge on any atom is -0.481 e. The lowest BCUT2D eigenvalue weighted by Gasteiger charge is -2.42. The molecule has 2 fully saturated rings. The van der Waals surface area contributed by atoms with E-state index in [-0.39, 0.29) is 24.0 Å². The molecule has 2 heterocycles. The number of carbonyl (C=O) groups excluding carboxylic acids is 1. The van der Waals surface area contributed by atoms with Gasteiger partial charge < -0.3 is 14.7 Å². The van der Waals surface area contributed by atoms with Crippen molar-refractivity contribution in [1.82, 2.24) is 4.90 Å². The van der Waals surface area contributed by atoms with Gasteiger partial charge in [0, 0.05) is 31.5 Å². The Labute approximate surface area is 113 Å². The lowest BCUT2D eigenvalue weighted by atomic mass is 9.80. The van der Waals surface area contributed by atoms with E-state index in [1.807, 2.05) is 20.8 Å². The SMILES string of the molecule is CC1CC(=O)N(CC2CCOC2C)C(C)C1C(=O)O. The highest BCUT2D eigenvalue weighted by Gasteiger charge is 2.43. The zero-order valence-corrected chi connectivity index (χ0v) is 11.8. The number of likely N-dealkylation sites (tertiary alicyclic amines) is 1. The number of carboxylic acid groups (broad SMARTS) is 1. The molecule has 108 valence electrons. The fraction of sp³-hybridized carbons (Fsp3) is 0.857. The molecule has 5 atom stereocenters. The Bertz CT molecular complexity index is 370. The Morgan fingerprint density at radius 3 is 2.63 bits per heavy atom. The molecule has 0 bridgehead atoms. The predicted molar refractivity (Wildman–Crippen MR) is 69.6 cm³/mol. The summed E-state index contributed by atoms with van der Waals surface area (Å²) in [5, 5.41) is 9.33. The number of ether oxygens (including phenoxy) is 1. The maximum atomic E-state index is 12.2. The molecule has 1 amide bonds. The van der Waals surface area contributed by atoms with Crippen molar-refractivity contribution in [3.05, 3.63) is 0 Å². The molecule has 2 rings (SSSR count). The van der Waals surface area contributed by atoms with Gasteiger partial charge in [-0.2, -0.15) is 0 Å². The van der Waals surface area contributed by atoms with E-state index in [4.69, 9.17) is 4.74 Å². The smallest absolute Gasteiger partial charge is 0.308 e. The van der Waals surface area contributed by atoms with Crippen molar-refractivity contribution in [2.24, 2.45) is 17.8 Å². The largest absolute Gasteiger partial charge is 0.481 e. The highest BCUT2D eigenvalue weighted by atomic mass is 16.5. The second-order valence-corrected chi connectivity index (χ2v) is 5.96. The van der Waals surface area contributed by atoms with Crippen LogP contribution in [0.1, 0.15) is 33.6 Å². The Morgan fingerprint density at radius 1 is 1.42 bits per heavy atom. The Kier molecular flexibility index (Phi) is 4.13. The number of hydrogen-bond acceptors (Lipinski definition) is 3. The highest BCUT2D eigenvalue weighted by Crippen LogP contribution is 2.32. The van der Waals surface area contributed by atoms with E-state index in [2.05, 4.69) is 0 Å². The van der Waals surface area contributed by atoms with Crippen molar-refractivity contribution in [3.8, 4) is 0 Å². The van der Waals surface area contributed by atoms with E-state index in [9.17, 15) is 14.7 Å². The fourth-order valence-electron chi connectivity index (χ4n) is 3.40. The molecule has 0 aliphatic carbocycles. The van der Waals surface area contributed by atoms with Crippen LogP contribution < -0.4 is 0 Å². The maximum Gasteiger partial charge on any atom is 0.308 e. The van der Waals surface area contributed by atoms with Gasteiger partial charge in [0.15, 0.2) is 0 Å². The monoisotopic (exact) mass is 269 g/mol. The van der Waals surface area contributed by atoms with E-state index >= 15 is 0 Å². The van der Waals surface area contributed by atoms with Crippen molar-refractivity contribution in [1.29, 1.82) is 0 Å². The molecule has 2 aliphatic rings. The van der Waals surface area contributed by atoms with E-state index in [1.54, 1.807) is 4.90 Å². The minimum absolute atomic E-state index is 0.0802. The second kappa shape index (κ2) is 5.49. The third-order valence-electron chi connectivity index (χ3n) is 4.69. The van der Waals surface area contributed by atoms with Gasteiger partial charge >= 0.3 is 5.97 Å². The van der Waals surface area contributed by atoms with Crippen LogP contribution in [-0.2, 0) is 14.3 Å². The summed E-state index contributed by atoms with van der Waals surface area (Å²) in [7, 11) is 0. The summed E-state index contributed by atoms with van der Waals surface area (Å²) in [5.41, 5.74) is 0. The topological polar surface area (TPSA) is 66.8 Å².